The zero-order chi connectivity index (χ0) is 21.7. The van der Waals surface area contributed by atoms with Crippen LogP contribution in [0.1, 0.15) is 36.1 Å². The molecule has 150 valence electrons. The fourth-order valence-electron chi connectivity index (χ4n) is 3.05. The maximum atomic E-state index is 15.4. The molecule has 30 heavy (non-hydrogen) atoms. The number of benzene rings is 3. The summed E-state index contributed by atoms with van der Waals surface area (Å²) >= 11 is 2.18. The van der Waals surface area contributed by atoms with Gasteiger partial charge in [0.15, 0.2) is 11.6 Å². The molecule has 0 amide bonds. The van der Waals surface area contributed by atoms with E-state index in [-0.39, 0.29) is 9.79 Å². The van der Waals surface area contributed by atoms with Gasteiger partial charge in [-0.2, -0.15) is 10.5 Å². The van der Waals surface area contributed by atoms with Gasteiger partial charge in [0.05, 0.1) is 9.79 Å². The molecule has 0 heterocycles. The molecule has 0 unspecified atom stereocenters. The van der Waals surface area contributed by atoms with Crippen molar-refractivity contribution in [3.63, 3.8) is 0 Å². The average Bonchev–Trinajstić information content (AvgIpc) is 2.78. The Morgan fingerprint density at radius 2 is 1.07 bits per heavy atom. The Labute approximate surface area is 183 Å². The predicted octanol–water partition coefficient (Wildman–Crippen LogP) is 7.14. The second-order valence-corrected chi connectivity index (χ2v) is 8.49. The van der Waals surface area contributed by atoms with Gasteiger partial charge in [0.2, 0.25) is 0 Å². The molecule has 2 nitrogen and oxygen atoms in total. The average molecular weight is 437 g/mol. The second-order valence-electron chi connectivity index (χ2n) is 6.39. The van der Waals surface area contributed by atoms with Crippen LogP contribution in [0.3, 0.4) is 0 Å². The van der Waals surface area contributed by atoms with Crippen molar-refractivity contribution in [2.75, 3.05) is 0 Å². The highest BCUT2D eigenvalue weighted by Crippen LogP contribution is 2.45. The molecule has 0 bridgehead atoms. The van der Waals surface area contributed by atoms with Crippen LogP contribution in [0.5, 0.6) is 0 Å². The zero-order valence-corrected chi connectivity index (χ0v) is 18.1. The number of aryl methyl sites for hydroxylation is 2. The molecule has 0 aromatic heterocycles. The number of halogens is 2. The predicted molar refractivity (Wildman–Crippen MR) is 116 cm³/mol. The zero-order valence-electron chi connectivity index (χ0n) is 16.5. The van der Waals surface area contributed by atoms with Gasteiger partial charge in [-0.15, -0.1) is 0 Å². The topological polar surface area (TPSA) is 47.6 Å². The van der Waals surface area contributed by atoms with Gasteiger partial charge in [-0.25, -0.2) is 8.78 Å². The molecule has 0 aliphatic carbocycles. The van der Waals surface area contributed by atoms with E-state index in [4.69, 9.17) is 0 Å². The summed E-state index contributed by atoms with van der Waals surface area (Å²) in [7, 11) is 0. The molecule has 3 rings (SSSR count). The van der Waals surface area contributed by atoms with Crippen molar-refractivity contribution in [1.29, 1.82) is 10.5 Å². The number of hydrogen-bond acceptors (Lipinski definition) is 4. The first kappa shape index (κ1) is 21.9. The summed E-state index contributed by atoms with van der Waals surface area (Å²) in [6.07, 6.45) is 1.46. The van der Waals surface area contributed by atoms with Gasteiger partial charge in [0.25, 0.3) is 0 Å². The van der Waals surface area contributed by atoms with Crippen molar-refractivity contribution in [1.82, 2.24) is 0 Å². The molecule has 0 fully saturated rings. The first-order valence-electron chi connectivity index (χ1n) is 9.42. The van der Waals surface area contributed by atoms with Crippen molar-refractivity contribution in [2.45, 2.75) is 46.3 Å². The lowest BCUT2D eigenvalue weighted by molar-refractivity contribution is 0.544. The summed E-state index contributed by atoms with van der Waals surface area (Å²) < 4.78 is 30.8. The van der Waals surface area contributed by atoms with Crippen molar-refractivity contribution < 1.29 is 8.78 Å². The van der Waals surface area contributed by atoms with Crippen LogP contribution in [0.2, 0.25) is 0 Å². The van der Waals surface area contributed by atoms with Gasteiger partial charge in [0.1, 0.15) is 23.3 Å². The van der Waals surface area contributed by atoms with Gasteiger partial charge in [0, 0.05) is 9.79 Å². The van der Waals surface area contributed by atoms with E-state index in [0.29, 0.717) is 0 Å². The van der Waals surface area contributed by atoms with Gasteiger partial charge in [-0.3, -0.25) is 0 Å². The Kier molecular flexibility index (Phi) is 7.15. The SMILES string of the molecule is CCc1ccccc1Sc1c(F)c(C#N)c(C#N)c(F)c1Sc1ccccc1CC. The molecule has 6 heteroatoms. The quantitative estimate of drug-likeness (QED) is 0.412. The number of nitrogens with zero attached hydrogens (tertiary/aromatic N) is 2. The molecule has 0 saturated carbocycles. The smallest absolute Gasteiger partial charge is 0.157 e. The van der Waals surface area contributed by atoms with Crippen LogP contribution in [0, 0.1) is 34.3 Å². The highest BCUT2D eigenvalue weighted by molar-refractivity contribution is 8.02. The fourth-order valence-corrected chi connectivity index (χ4v) is 5.47. The summed E-state index contributed by atoms with van der Waals surface area (Å²) in [5, 5.41) is 18.8. The summed E-state index contributed by atoms with van der Waals surface area (Å²) in [6, 6.07) is 18.4. The molecule has 0 aliphatic rings. The summed E-state index contributed by atoms with van der Waals surface area (Å²) in [5.74, 6) is -1.72. The first-order valence-corrected chi connectivity index (χ1v) is 11.1. The van der Waals surface area contributed by atoms with Crippen LogP contribution in [0.25, 0.3) is 0 Å². The maximum Gasteiger partial charge on any atom is 0.157 e. The van der Waals surface area contributed by atoms with Gasteiger partial charge in [-0.1, -0.05) is 73.8 Å². The number of nitriles is 2. The molecule has 0 N–H and O–H groups in total. The Morgan fingerprint density at radius 3 is 1.40 bits per heavy atom. The van der Waals surface area contributed by atoms with Gasteiger partial charge < -0.3 is 0 Å². The standard InChI is InChI=1S/C24H18F2N2S2/c1-3-15-9-5-7-11-19(15)29-23-21(25)17(13-27)18(14-28)22(26)24(23)30-20-12-8-6-10-16(20)4-2/h5-12H,3-4H2,1-2H3. The van der Waals surface area contributed by atoms with E-state index in [1.807, 2.05) is 62.4 Å². The Hall–Kier alpha value is -2.80. The van der Waals surface area contributed by atoms with Gasteiger partial charge in [-0.05, 0) is 36.1 Å². The minimum Gasteiger partial charge on any atom is -0.204 e. The van der Waals surface area contributed by atoms with Crippen LogP contribution in [-0.2, 0) is 12.8 Å². The van der Waals surface area contributed by atoms with E-state index in [1.165, 1.54) is 0 Å². The molecule has 3 aromatic rings. The summed E-state index contributed by atoms with van der Waals surface area (Å²) in [4.78, 5) is 1.63. The monoisotopic (exact) mass is 436 g/mol. The number of rotatable bonds is 6. The van der Waals surface area contributed by atoms with Crippen molar-refractivity contribution in [3.05, 3.63) is 82.4 Å². The van der Waals surface area contributed by atoms with E-state index < -0.39 is 22.8 Å². The lowest BCUT2D eigenvalue weighted by Gasteiger charge is -2.16. The highest BCUT2D eigenvalue weighted by atomic mass is 32.2. The molecule has 3 aromatic carbocycles. The summed E-state index contributed by atoms with van der Waals surface area (Å²) in [5.41, 5.74) is 0.879. The highest BCUT2D eigenvalue weighted by Gasteiger charge is 2.27. The minimum atomic E-state index is -0.858. The Balaban J connectivity index is 2.25. The Morgan fingerprint density at radius 1 is 0.700 bits per heavy atom. The van der Waals surface area contributed by atoms with E-state index in [1.54, 1.807) is 12.1 Å². The molecule has 0 atom stereocenters. The molecular weight excluding hydrogens is 418 g/mol. The van der Waals surface area contributed by atoms with Crippen molar-refractivity contribution in [3.8, 4) is 12.1 Å². The van der Waals surface area contributed by atoms with Crippen LogP contribution < -0.4 is 0 Å². The van der Waals surface area contributed by atoms with E-state index >= 15 is 8.78 Å². The third-order valence-corrected chi connectivity index (χ3v) is 7.19. The lowest BCUT2D eigenvalue weighted by atomic mass is 10.1. The van der Waals surface area contributed by atoms with E-state index in [2.05, 4.69) is 0 Å². The minimum absolute atomic E-state index is 0.0276. The third-order valence-electron chi connectivity index (χ3n) is 4.65. The normalized spacial score (nSPS) is 10.5. The first-order chi connectivity index (χ1) is 14.5. The number of hydrogen-bond donors (Lipinski definition) is 0. The molecule has 0 radical (unpaired) electrons. The molecule has 0 aliphatic heterocycles. The largest absolute Gasteiger partial charge is 0.204 e. The Bertz CT molecular complexity index is 1080. The van der Waals surface area contributed by atoms with Gasteiger partial charge >= 0.3 is 0 Å². The van der Waals surface area contributed by atoms with Crippen molar-refractivity contribution >= 4 is 23.5 Å². The van der Waals surface area contributed by atoms with Crippen molar-refractivity contribution in [2.24, 2.45) is 0 Å². The second kappa shape index (κ2) is 9.80. The molecule has 0 saturated heterocycles. The van der Waals surface area contributed by atoms with Crippen LogP contribution in [-0.4, -0.2) is 0 Å². The molecular formula is C24H18F2N2S2. The van der Waals surface area contributed by atoms with Crippen LogP contribution >= 0.6 is 23.5 Å². The summed E-state index contributed by atoms with van der Waals surface area (Å²) in [6.45, 7) is 3.98. The maximum absolute atomic E-state index is 15.4. The molecule has 0 spiro atoms. The van der Waals surface area contributed by atoms with E-state index in [0.717, 1.165) is 57.3 Å². The van der Waals surface area contributed by atoms with E-state index in [9.17, 15) is 10.5 Å². The van der Waals surface area contributed by atoms with Crippen LogP contribution in [0.4, 0.5) is 8.78 Å². The third kappa shape index (κ3) is 4.21. The lowest BCUT2D eigenvalue weighted by Crippen LogP contribution is -2.02. The van der Waals surface area contributed by atoms with Crippen LogP contribution in [0.15, 0.2) is 68.1 Å². The fraction of sp³-hybridized carbons (Fsp3) is 0.167.